The number of hydrogen-bond donors (Lipinski definition) is 1. The van der Waals surface area contributed by atoms with Crippen LogP contribution in [-0.2, 0) is 12.8 Å². The van der Waals surface area contributed by atoms with Crippen LogP contribution < -0.4 is 5.32 Å². The highest BCUT2D eigenvalue weighted by Crippen LogP contribution is 2.22. The molecule has 0 aliphatic rings. The lowest BCUT2D eigenvalue weighted by Gasteiger charge is -2.19. The van der Waals surface area contributed by atoms with Crippen LogP contribution in [0, 0.1) is 0 Å². The van der Waals surface area contributed by atoms with Crippen LogP contribution in [0.1, 0.15) is 18.1 Å². The lowest BCUT2D eigenvalue weighted by Crippen LogP contribution is -2.33. The van der Waals surface area contributed by atoms with Gasteiger partial charge in [-0.1, -0.05) is 66.5 Å². The van der Waals surface area contributed by atoms with Crippen molar-refractivity contribution in [2.75, 3.05) is 6.54 Å². The van der Waals surface area contributed by atoms with Gasteiger partial charge in [0.05, 0.1) is 0 Å². The Kier molecular flexibility index (Phi) is 5.90. The molecule has 3 heteroatoms. The van der Waals surface area contributed by atoms with Gasteiger partial charge >= 0.3 is 0 Å². The zero-order chi connectivity index (χ0) is 14.4. The van der Waals surface area contributed by atoms with Gasteiger partial charge in [0.1, 0.15) is 0 Å². The van der Waals surface area contributed by atoms with Crippen LogP contribution in [0.2, 0.25) is 10.0 Å². The summed E-state index contributed by atoms with van der Waals surface area (Å²) >= 11 is 12.2. The maximum absolute atomic E-state index is 6.26. The number of likely N-dealkylation sites (N-methyl/N-ethyl adjacent to an activating group) is 1. The summed E-state index contributed by atoms with van der Waals surface area (Å²) in [7, 11) is 0. The fraction of sp³-hybridized carbons (Fsp3) is 0.294. The highest BCUT2D eigenvalue weighted by Gasteiger charge is 2.11. The molecule has 1 unspecified atom stereocenters. The molecule has 0 amide bonds. The molecule has 1 atom stereocenters. The predicted octanol–water partition coefficient (Wildman–Crippen LogP) is 4.76. The van der Waals surface area contributed by atoms with Crippen molar-refractivity contribution in [2.45, 2.75) is 25.8 Å². The predicted molar refractivity (Wildman–Crippen MR) is 87.8 cm³/mol. The molecule has 106 valence electrons. The Morgan fingerprint density at radius 1 is 1.00 bits per heavy atom. The number of nitrogens with one attached hydrogen (secondary N) is 1. The molecule has 1 N–H and O–H groups in total. The highest BCUT2D eigenvalue weighted by atomic mass is 35.5. The minimum Gasteiger partial charge on any atom is -0.314 e. The Labute approximate surface area is 130 Å². The Morgan fingerprint density at radius 2 is 1.75 bits per heavy atom. The second kappa shape index (κ2) is 7.68. The van der Waals surface area contributed by atoms with Crippen molar-refractivity contribution in [1.29, 1.82) is 0 Å². The van der Waals surface area contributed by atoms with Crippen molar-refractivity contribution in [3.05, 3.63) is 69.7 Å². The quantitative estimate of drug-likeness (QED) is 0.811. The molecule has 0 fully saturated rings. The third kappa shape index (κ3) is 4.52. The van der Waals surface area contributed by atoms with E-state index in [0.717, 1.165) is 30.0 Å². The van der Waals surface area contributed by atoms with Crippen LogP contribution in [-0.4, -0.2) is 12.6 Å². The molecule has 0 aromatic heterocycles. The molecule has 20 heavy (non-hydrogen) atoms. The first-order chi connectivity index (χ1) is 9.69. The zero-order valence-corrected chi connectivity index (χ0v) is 13.1. The number of rotatable bonds is 6. The minimum absolute atomic E-state index is 0.376. The van der Waals surface area contributed by atoms with Gasteiger partial charge in [-0.3, -0.25) is 0 Å². The summed E-state index contributed by atoms with van der Waals surface area (Å²) in [6.45, 7) is 3.07. The van der Waals surface area contributed by atoms with Crippen LogP contribution in [0.15, 0.2) is 48.5 Å². The monoisotopic (exact) mass is 307 g/mol. The molecule has 0 heterocycles. The molecule has 0 saturated carbocycles. The molecular weight excluding hydrogens is 289 g/mol. The van der Waals surface area contributed by atoms with Gasteiger partial charge in [-0.25, -0.2) is 0 Å². The molecule has 1 nitrogen and oxygen atoms in total. The summed E-state index contributed by atoms with van der Waals surface area (Å²) in [5, 5.41) is 4.96. The third-order valence-corrected chi connectivity index (χ3v) is 3.89. The topological polar surface area (TPSA) is 12.0 Å². The average Bonchev–Trinajstić information content (AvgIpc) is 2.43. The largest absolute Gasteiger partial charge is 0.314 e. The van der Waals surface area contributed by atoms with Crippen LogP contribution >= 0.6 is 23.2 Å². The van der Waals surface area contributed by atoms with Crippen molar-refractivity contribution in [1.82, 2.24) is 5.32 Å². The second-order valence-electron chi connectivity index (χ2n) is 4.88. The van der Waals surface area contributed by atoms with Gasteiger partial charge in [-0.05, 0) is 42.6 Å². The molecule has 0 aliphatic heterocycles. The summed E-state index contributed by atoms with van der Waals surface area (Å²) in [6, 6.07) is 16.6. The van der Waals surface area contributed by atoms with E-state index >= 15 is 0 Å². The first-order valence-electron chi connectivity index (χ1n) is 6.90. The van der Waals surface area contributed by atoms with E-state index < -0.39 is 0 Å². The summed E-state index contributed by atoms with van der Waals surface area (Å²) in [4.78, 5) is 0. The zero-order valence-electron chi connectivity index (χ0n) is 11.6. The molecule has 2 aromatic carbocycles. The summed E-state index contributed by atoms with van der Waals surface area (Å²) in [6.07, 6.45) is 1.90. The number of hydrogen-bond acceptors (Lipinski definition) is 1. The van der Waals surface area contributed by atoms with Crippen LogP contribution in [0.3, 0.4) is 0 Å². The van der Waals surface area contributed by atoms with Gasteiger partial charge in [0.15, 0.2) is 0 Å². The van der Waals surface area contributed by atoms with E-state index in [9.17, 15) is 0 Å². The van der Waals surface area contributed by atoms with E-state index in [2.05, 4.69) is 36.5 Å². The lowest BCUT2D eigenvalue weighted by molar-refractivity contribution is 0.521. The van der Waals surface area contributed by atoms with Crippen LogP contribution in [0.4, 0.5) is 0 Å². The number of benzene rings is 2. The van der Waals surface area contributed by atoms with Crippen molar-refractivity contribution in [2.24, 2.45) is 0 Å². The summed E-state index contributed by atoms with van der Waals surface area (Å²) < 4.78 is 0. The Morgan fingerprint density at radius 3 is 2.40 bits per heavy atom. The van der Waals surface area contributed by atoms with Crippen LogP contribution in [0.25, 0.3) is 0 Å². The van der Waals surface area contributed by atoms with E-state index in [1.54, 1.807) is 0 Å². The maximum atomic E-state index is 6.26. The van der Waals surface area contributed by atoms with E-state index in [-0.39, 0.29) is 0 Å². The Bertz CT molecular complexity index is 540. The van der Waals surface area contributed by atoms with Gasteiger partial charge in [0.2, 0.25) is 0 Å². The van der Waals surface area contributed by atoms with Crippen molar-refractivity contribution >= 4 is 23.2 Å². The first kappa shape index (κ1) is 15.4. The van der Waals surface area contributed by atoms with Gasteiger partial charge in [-0.2, -0.15) is 0 Å². The lowest BCUT2D eigenvalue weighted by atomic mass is 9.99. The smallest absolute Gasteiger partial charge is 0.0453 e. The maximum Gasteiger partial charge on any atom is 0.0453 e. The molecule has 0 radical (unpaired) electrons. The standard InChI is InChI=1S/C17H19Cl2N/c1-2-20-16(10-13-6-4-3-5-7-13)11-14-8-9-15(18)12-17(14)19/h3-9,12,16,20H,2,10-11H2,1H3. The van der Waals surface area contributed by atoms with E-state index in [0.29, 0.717) is 11.1 Å². The van der Waals surface area contributed by atoms with Gasteiger partial charge in [0.25, 0.3) is 0 Å². The van der Waals surface area contributed by atoms with E-state index in [1.807, 2.05) is 24.3 Å². The second-order valence-corrected chi connectivity index (χ2v) is 5.73. The first-order valence-corrected chi connectivity index (χ1v) is 7.66. The van der Waals surface area contributed by atoms with E-state index in [1.165, 1.54) is 5.56 Å². The Hall–Kier alpha value is -1.02. The summed E-state index contributed by atoms with van der Waals surface area (Å²) in [5.41, 5.74) is 2.47. The van der Waals surface area contributed by atoms with Gasteiger partial charge in [-0.15, -0.1) is 0 Å². The van der Waals surface area contributed by atoms with Crippen LogP contribution in [0.5, 0.6) is 0 Å². The fourth-order valence-electron chi connectivity index (χ4n) is 2.36. The molecule has 2 rings (SSSR count). The van der Waals surface area contributed by atoms with E-state index in [4.69, 9.17) is 23.2 Å². The summed E-state index contributed by atoms with van der Waals surface area (Å²) in [5.74, 6) is 0. The molecule has 0 aliphatic carbocycles. The number of halogens is 2. The third-order valence-electron chi connectivity index (χ3n) is 3.30. The highest BCUT2D eigenvalue weighted by molar-refractivity contribution is 6.35. The van der Waals surface area contributed by atoms with Gasteiger partial charge in [0, 0.05) is 16.1 Å². The van der Waals surface area contributed by atoms with Crippen molar-refractivity contribution in [3.8, 4) is 0 Å². The SMILES string of the molecule is CCNC(Cc1ccccc1)Cc1ccc(Cl)cc1Cl. The van der Waals surface area contributed by atoms with Crippen molar-refractivity contribution in [3.63, 3.8) is 0 Å². The normalized spacial score (nSPS) is 12.3. The molecule has 0 spiro atoms. The van der Waals surface area contributed by atoms with Crippen molar-refractivity contribution < 1.29 is 0 Å². The van der Waals surface area contributed by atoms with Gasteiger partial charge < -0.3 is 5.32 Å². The molecule has 0 saturated heterocycles. The molecule has 0 bridgehead atoms. The Balaban J connectivity index is 2.09. The molecule has 2 aromatic rings. The minimum atomic E-state index is 0.376. The molecular formula is C17H19Cl2N. The average molecular weight is 308 g/mol. The fourth-order valence-corrected chi connectivity index (χ4v) is 2.84.